The number of nitrogens with zero attached hydrogens (tertiary/aromatic N) is 3. The normalized spacial score (nSPS) is 11.6. The number of aromatic nitrogens is 3. The van der Waals surface area contributed by atoms with Crippen LogP contribution in [0.1, 0.15) is 0 Å². The van der Waals surface area contributed by atoms with Crippen molar-refractivity contribution in [2.45, 2.75) is 0 Å². The molecule has 0 spiro atoms. The Labute approximate surface area is 292 Å². The Hall–Kier alpha value is -6.43. The van der Waals surface area contributed by atoms with Crippen molar-refractivity contribution in [1.29, 1.82) is 0 Å². The van der Waals surface area contributed by atoms with E-state index in [0.29, 0.717) is 17.5 Å². The molecular weight excluding hydrogens is 631 g/mol. The number of benzene rings is 7. The first kappa shape index (κ1) is 28.6. The second kappa shape index (κ2) is 11.6. The van der Waals surface area contributed by atoms with Crippen LogP contribution in [0.4, 0.5) is 0 Å². The van der Waals surface area contributed by atoms with Crippen LogP contribution in [0.15, 0.2) is 168 Å². The van der Waals surface area contributed by atoms with E-state index in [2.05, 4.69) is 91.0 Å². The summed E-state index contributed by atoms with van der Waals surface area (Å²) in [5.41, 5.74) is 8.70. The molecule has 5 heteroatoms. The fraction of sp³-hybridized carbons (Fsp3) is 0. The second-order valence-electron chi connectivity index (χ2n) is 12.4. The summed E-state index contributed by atoms with van der Waals surface area (Å²) in [5.74, 6) is 1.86. The predicted octanol–water partition coefficient (Wildman–Crippen LogP) is 12.5. The first-order valence-electron chi connectivity index (χ1n) is 16.6. The lowest BCUT2D eigenvalue weighted by atomic mass is 9.92. The summed E-state index contributed by atoms with van der Waals surface area (Å²) < 4.78 is 9.18. The van der Waals surface area contributed by atoms with Crippen molar-refractivity contribution < 1.29 is 4.42 Å². The molecule has 0 saturated carbocycles. The maximum absolute atomic E-state index is 6.60. The van der Waals surface area contributed by atoms with Gasteiger partial charge in [0, 0.05) is 53.2 Å². The third-order valence-electron chi connectivity index (χ3n) is 9.36. The van der Waals surface area contributed by atoms with Gasteiger partial charge in [-0.15, -0.1) is 11.3 Å². The van der Waals surface area contributed by atoms with Gasteiger partial charge in [0.15, 0.2) is 17.5 Å². The monoisotopic (exact) mass is 657 g/mol. The van der Waals surface area contributed by atoms with Gasteiger partial charge in [-0.3, -0.25) is 0 Å². The topological polar surface area (TPSA) is 51.8 Å². The summed E-state index contributed by atoms with van der Waals surface area (Å²) in [6.07, 6.45) is 0. The minimum Gasteiger partial charge on any atom is -0.455 e. The van der Waals surface area contributed by atoms with Crippen molar-refractivity contribution in [3.8, 4) is 56.4 Å². The molecule has 0 amide bonds. The molecule has 234 valence electrons. The molecule has 0 N–H and O–H groups in total. The van der Waals surface area contributed by atoms with Gasteiger partial charge in [0.25, 0.3) is 0 Å². The first-order valence-corrected chi connectivity index (χ1v) is 17.4. The van der Waals surface area contributed by atoms with Gasteiger partial charge in [-0.25, -0.2) is 15.0 Å². The van der Waals surface area contributed by atoms with Crippen LogP contribution < -0.4 is 0 Å². The smallest absolute Gasteiger partial charge is 0.164 e. The third-order valence-corrected chi connectivity index (χ3v) is 10.5. The zero-order valence-electron chi connectivity index (χ0n) is 26.7. The van der Waals surface area contributed by atoms with Crippen LogP contribution in [0.25, 0.3) is 98.5 Å². The predicted molar refractivity (Wildman–Crippen MR) is 207 cm³/mol. The van der Waals surface area contributed by atoms with Gasteiger partial charge in [0.2, 0.25) is 0 Å². The summed E-state index contributed by atoms with van der Waals surface area (Å²) in [5, 5.41) is 4.72. The Morgan fingerprint density at radius 2 is 0.960 bits per heavy atom. The Morgan fingerprint density at radius 3 is 1.74 bits per heavy atom. The van der Waals surface area contributed by atoms with Gasteiger partial charge >= 0.3 is 0 Å². The quantitative estimate of drug-likeness (QED) is 0.185. The molecule has 0 saturated heterocycles. The standard InChI is InChI=1S/C45H27N3OS/c1-3-12-28(13-4-1)43-46-44(29-14-5-2-6-15-29)48-45(47-43)36-24-22-30(31-23-25-41-38(27-31)33-17-8-10-21-40(33)50-41)26-37(36)35-19-11-18-34-32-16-7-9-20-39(32)49-42(34)35/h1-27H. The number of hydrogen-bond acceptors (Lipinski definition) is 5. The largest absolute Gasteiger partial charge is 0.455 e. The molecule has 10 aromatic rings. The fourth-order valence-corrected chi connectivity index (χ4v) is 8.02. The summed E-state index contributed by atoms with van der Waals surface area (Å²) >= 11 is 1.83. The van der Waals surface area contributed by atoms with E-state index >= 15 is 0 Å². The lowest BCUT2D eigenvalue weighted by Crippen LogP contribution is -2.01. The average molecular weight is 658 g/mol. The fourth-order valence-electron chi connectivity index (χ4n) is 6.94. The van der Waals surface area contributed by atoms with Crippen molar-refractivity contribution in [2.75, 3.05) is 0 Å². The highest BCUT2D eigenvalue weighted by molar-refractivity contribution is 7.25. The lowest BCUT2D eigenvalue weighted by molar-refractivity contribution is 0.670. The van der Waals surface area contributed by atoms with Gasteiger partial charge in [-0.1, -0.05) is 127 Å². The summed E-state index contributed by atoms with van der Waals surface area (Å²) in [4.78, 5) is 15.2. The number of fused-ring (bicyclic) bond motifs is 6. The highest BCUT2D eigenvalue weighted by Gasteiger charge is 2.20. The molecule has 0 aliphatic heterocycles. The molecule has 3 aromatic heterocycles. The highest BCUT2D eigenvalue weighted by atomic mass is 32.1. The number of thiophene rings is 1. The van der Waals surface area contributed by atoms with Crippen LogP contribution in [0, 0.1) is 0 Å². The molecule has 0 aliphatic carbocycles. The summed E-state index contributed by atoms with van der Waals surface area (Å²) in [7, 11) is 0. The van der Waals surface area contributed by atoms with Crippen molar-refractivity contribution in [3.63, 3.8) is 0 Å². The van der Waals surface area contributed by atoms with Gasteiger partial charge in [0.05, 0.1) is 0 Å². The minimum atomic E-state index is 0.603. The van der Waals surface area contributed by atoms with E-state index in [1.54, 1.807) is 0 Å². The van der Waals surface area contributed by atoms with Gasteiger partial charge in [0.1, 0.15) is 11.2 Å². The Morgan fingerprint density at radius 1 is 0.360 bits per heavy atom. The molecule has 0 fully saturated rings. The zero-order valence-corrected chi connectivity index (χ0v) is 27.6. The molecule has 50 heavy (non-hydrogen) atoms. The molecule has 0 bridgehead atoms. The molecule has 3 heterocycles. The van der Waals surface area contributed by atoms with E-state index in [4.69, 9.17) is 19.4 Å². The molecule has 7 aromatic carbocycles. The summed E-state index contributed by atoms with van der Waals surface area (Å²) in [6.45, 7) is 0. The molecule has 0 aliphatic rings. The molecule has 10 rings (SSSR count). The van der Waals surface area contributed by atoms with Crippen molar-refractivity contribution >= 4 is 53.4 Å². The van der Waals surface area contributed by atoms with Crippen molar-refractivity contribution in [3.05, 3.63) is 164 Å². The van der Waals surface area contributed by atoms with Gasteiger partial charge in [-0.2, -0.15) is 0 Å². The van der Waals surface area contributed by atoms with E-state index in [9.17, 15) is 0 Å². The van der Waals surface area contributed by atoms with E-state index in [-0.39, 0.29) is 0 Å². The minimum absolute atomic E-state index is 0.603. The average Bonchev–Trinajstić information content (AvgIpc) is 3.76. The molecule has 4 nitrogen and oxygen atoms in total. The van der Waals surface area contributed by atoms with E-state index in [0.717, 1.165) is 60.9 Å². The molecular formula is C45H27N3OS. The highest BCUT2D eigenvalue weighted by Crippen LogP contribution is 2.42. The van der Waals surface area contributed by atoms with Crippen LogP contribution in [0.5, 0.6) is 0 Å². The molecule has 0 unspecified atom stereocenters. The Bertz CT molecular complexity index is 2820. The van der Waals surface area contributed by atoms with Crippen LogP contribution in [0.3, 0.4) is 0 Å². The number of rotatable bonds is 5. The maximum Gasteiger partial charge on any atom is 0.164 e. The Kier molecular flexibility index (Phi) is 6.64. The Balaban J connectivity index is 1.24. The van der Waals surface area contributed by atoms with Gasteiger partial charge < -0.3 is 4.42 Å². The second-order valence-corrected chi connectivity index (χ2v) is 13.5. The maximum atomic E-state index is 6.60. The van der Waals surface area contributed by atoms with Crippen LogP contribution in [-0.2, 0) is 0 Å². The molecule has 0 radical (unpaired) electrons. The molecule has 0 atom stereocenters. The van der Waals surface area contributed by atoms with E-state index in [1.807, 2.05) is 84.1 Å². The van der Waals surface area contributed by atoms with Gasteiger partial charge in [-0.05, 0) is 53.1 Å². The lowest BCUT2D eigenvalue weighted by Gasteiger charge is -2.14. The number of furan rings is 1. The van der Waals surface area contributed by atoms with E-state index < -0.39 is 0 Å². The van der Waals surface area contributed by atoms with Crippen LogP contribution in [0.2, 0.25) is 0 Å². The SMILES string of the molecule is c1ccc(-c2nc(-c3ccccc3)nc(-c3ccc(-c4ccc5sc6ccccc6c5c4)cc3-c3cccc4c3oc3ccccc34)n2)cc1. The van der Waals surface area contributed by atoms with Crippen molar-refractivity contribution in [1.82, 2.24) is 15.0 Å². The van der Waals surface area contributed by atoms with Crippen molar-refractivity contribution in [2.24, 2.45) is 0 Å². The van der Waals surface area contributed by atoms with E-state index in [1.165, 1.54) is 20.2 Å². The summed E-state index contributed by atoms with van der Waals surface area (Å²) in [6, 6.07) is 56.8. The third kappa shape index (κ3) is 4.79. The number of hydrogen-bond donors (Lipinski definition) is 0. The first-order chi connectivity index (χ1) is 24.8. The zero-order chi connectivity index (χ0) is 33.0. The van der Waals surface area contributed by atoms with Crippen LogP contribution in [-0.4, -0.2) is 15.0 Å². The number of para-hydroxylation sites is 2. The van der Waals surface area contributed by atoms with Crippen LogP contribution >= 0.6 is 11.3 Å².